The predicted molar refractivity (Wildman–Crippen MR) is 115 cm³/mol. The number of benzene rings is 1. The van der Waals surface area contributed by atoms with Crippen molar-refractivity contribution in [2.24, 2.45) is 0 Å². The van der Waals surface area contributed by atoms with Crippen molar-refractivity contribution in [3.63, 3.8) is 0 Å². The number of methoxy groups -OCH3 is 1. The summed E-state index contributed by atoms with van der Waals surface area (Å²) in [5, 5.41) is 16.8. The standard InChI is InChI=1S/C22H27N3O7/c1-12-17(20(27)23-11-16(26)32-22(3,4)5)19(18(13(2)24-12)21(28)31-6)14-8-7-9-15(10-14)25(29)30/h7-10,19,24H,11H2,1-6H3,(H,23,27)/t19-/m0/s1. The minimum atomic E-state index is -0.942. The van der Waals surface area contributed by atoms with Crippen LogP contribution in [-0.4, -0.2) is 42.0 Å². The van der Waals surface area contributed by atoms with Crippen molar-refractivity contribution in [1.29, 1.82) is 0 Å². The lowest BCUT2D eigenvalue weighted by Crippen LogP contribution is -2.39. The van der Waals surface area contributed by atoms with Crippen LogP contribution in [0, 0.1) is 10.1 Å². The van der Waals surface area contributed by atoms with E-state index in [2.05, 4.69) is 10.6 Å². The van der Waals surface area contributed by atoms with E-state index in [4.69, 9.17) is 9.47 Å². The second-order valence-corrected chi connectivity index (χ2v) is 8.25. The van der Waals surface area contributed by atoms with E-state index in [1.165, 1.54) is 25.3 Å². The first-order chi connectivity index (χ1) is 14.9. The Balaban J connectivity index is 2.49. The summed E-state index contributed by atoms with van der Waals surface area (Å²) in [5.74, 6) is -2.87. The number of nitro groups is 1. The number of nitro benzene ring substituents is 1. The number of ether oxygens (including phenoxy) is 2. The van der Waals surface area contributed by atoms with E-state index in [1.807, 2.05) is 0 Å². The molecule has 0 bridgehead atoms. The molecule has 0 radical (unpaired) electrons. The number of nitrogens with one attached hydrogen (secondary N) is 2. The molecular weight excluding hydrogens is 418 g/mol. The van der Waals surface area contributed by atoms with Gasteiger partial charge in [-0.2, -0.15) is 0 Å². The van der Waals surface area contributed by atoms with Gasteiger partial charge in [0.2, 0.25) is 5.91 Å². The van der Waals surface area contributed by atoms with Gasteiger partial charge in [-0.25, -0.2) is 4.79 Å². The number of carbonyl (C=O) groups excluding carboxylic acids is 3. The van der Waals surface area contributed by atoms with Gasteiger partial charge in [0.1, 0.15) is 12.1 Å². The molecule has 1 heterocycles. The largest absolute Gasteiger partial charge is 0.466 e. The van der Waals surface area contributed by atoms with E-state index >= 15 is 0 Å². The molecule has 2 rings (SSSR count). The third-order valence-corrected chi connectivity index (χ3v) is 4.64. The van der Waals surface area contributed by atoms with Gasteiger partial charge in [-0.15, -0.1) is 0 Å². The summed E-state index contributed by atoms with van der Waals surface area (Å²) in [6, 6.07) is 5.69. The van der Waals surface area contributed by atoms with Crippen molar-refractivity contribution in [2.75, 3.05) is 13.7 Å². The molecule has 1 aliphatic rings. The first kappa shape index (κ1) is 24.6. The van der Waals surface area contributed by atoms with Gasteiger partial charge in [-0.3, -0.25) is 19.7 Å². The highest BCUT2D eigenvalue weighted by molar-refractivity contribution is 6.02. The number of rotatable bonds is 6. The average molecular weight is 445 g/mol. The Kier molecular flexibility index (Phi) is 7.40. The fourth-order valence-corrected chi connectivity index (χ4v) is 3.45. The van der Waals surface area contributed by atoms with Crippen LogP contribution in [0.25, 0.3) is 0 Å². The van der Waals surface area contributed by atoms with Crippen molar-refractivity contribution in [2.45, 2.75) is 46.1 Å². The molecule has 32 heavy (non-hydrogen) atoms. The zero-order valence-corrected chi connectivity index (χ0v) is 18.9. The molecule has 1 amide bonds. The molecule has 0 unspecified atom stereocenters. The summed E-state index contributed by atoms with van der Waals surface area (Å²) in [4.78, 5) is 48.5. The molecule has 1 atom stereocenters. The van der Waals surface area contributed by atoms with Gasteiger partial charge >= 0.3 is 11.9 Å². The van der Waals surface area contributed by atoms with Crippen molar-refractivity contribution in [1.82, 2.24) is 10.6 Å². The summed E-state index contributed by atoms with van der Waals surface area (Å²) < 4.78 is 10.1. The van der Waals surface area contributed by atoms with E-state index in [0.717, 1.165) is 0 Å². The second kappa shape index (κ2) is 9.63. The summed E-state index contributed by atoms with van der Waals surface area (Å²) in [5.41, 5.74) is 0.632. The van der Waals surface area contributed by atoms with Crippen LogP contribution in [0.3, 0.4) is 0 Å². The summed E-state index contributed by atoms with van der Waals surface area (Å²) in [6.07, 6.45) is 0. The van der Waals surface area contributed by atoms with Gasteiger partial charge in [0, 0.05) is 29.1 Å². The van der Waals surface area contributed by atoms with Gasteiger partial charge in [-0.1, -0.05) is 12.1 Å². The van der Waals surface area contributed by atoms with E-state index < -0.39 is 34.3 Å². The van der Waals surface area contributed by atoms with Gasteiger partial charge in [0.05, 0.1) is 23.5 Å². The summed E-state index contributed by atoms with van der Waals surface area (Å²) >= 11 is 0. The van der Waals surface area contributed by atoms with E-state index in [9.17, 15) is 24.5 Å². The maximum atomic E-state index is 13.1. The molecule has 0 saturated heterocycles. The van der Waals surface area contributed by atoms with Crippen molar-refractivity contribution >= 4 is 23.5 Å². The third-order valence-electron chi connectivity index (χ3n) is 4.64. The quantitative estimate of drug-likeness (QED) is 0.387. The van der Waals surface area contributed by atoms with E-state index in [-0.39, 0.29) is 23.4 Å². The molecular formula is C22H27N3O7. The van der Waals surface area contributed by atoms with Crippen LogP contribution in [-0.2, 0) is 23.9 Å². The highest BCUT2D eigenvalue weighted by Gasteiger charge is 2.37. The molecule has 0 saturated carbocycles. The minimum absolute atomic E-state index is 0.139. The third kappa shape index (κ3) is 5.71. The van der Waals surface area contributed by atoms with Crippen LogP contribution in [0.5, 0.6) is 0 Å². The van der Waals surface area contributed by atoms with Gasteiger partial charge in [0.15, 0.2) is 0 Å². The van der Waals surface area contributed by atoms with Crippen LogP contribution in [0.1, 0.15) is 46.1 Å². The van der Waals surface area contributed by atoms with Gasteiger partial charge in [0.25, 0.3) is 5.69 Å². The van der Waals surface area contributed by atoms with E-state index in [1.54, 1.807) is 40.7 Å². The van der Waals surface area contributed by atoms with Crippen molar-refractivity contribution in [3.05, 3.63) is 62.5 Å². The molecule has 10 heteroatoms. The fraction of sp³-hybridized carbons (Fsp3) is 0.409. The SMILES string of the molecule is COC(=O)C1=C(C)NC(C)=C(C(=O)NCC(=O)OC(C)(C)C)[C@@H]1c1cccc([N+](=O)[O-])c1. The number of amides is 1. The number of esters is 2. The summed E-state index contributed by atoms with van der Waals surface area (Å²) in [6.45, 7) is 8.03. The number of hydrogen-bond acceptors (Lipinski definition) is 8. The maximum Gasteiger partial charge on any atom is 0.336 e. The zero-order valence-electron chi connectivity index (χ0n) is 18.9. The molecule has 10 nitrogen and oxygen atoms in total. The highest BCUT2D eigenvalue weighted by Crippen LogP contribution is 2.39. The molecule has 1 aromatic rings. The lowest BCUT2D eigenvalue weighted by atomic mass is 9.80. The Morgan fingerprint density at radius 1 is 1.16 bits per heavy atom. The molecule has 0 aliphatic carbocycles. The number of hydrogen-bond donors (Lipinski definition) is 2. The van der Waals surface area contributed by atoms with E-state index in [0.29, 0.717) is 17.0 Å². The number of allylic oxidation sites excluding steroid dienone is 2. The van der Waals surface area contributed by atoms with Crippen LogP contribution in [0.2, 0.25) is 0 Å². The number of non-ortho nitro benzene ring substituents is 1. The monoisotopic (exact) mass is 445 g/mol. The number of carbonyl (C=O) groups is 3. The molecule has 0 spiro atoms. The predicted octanol–water partition coefficient (Wildman–Crippen LogP) is 2.46. The minimum Gasteiger partial charge on any atom is -0.466 e. The van der Waals surface area contributed by atoms with Crippen LogP contribution < -0.4 is 10.6 Å². The maximum absolute atomic E-state index is 13.1. The van der Waals surface area contributed by atoms with Crippen LogP contribution >= 0.6 is 0 Å². The Labute approximate surface area is 185 Å². The van der Waals surface area contributed by atoms with Crippen molar-refractivity contribution in [3.8, 4) is 0 Å². The average Bonchev–Trinajstić information content (AvgIpc) is 2.69. The highest BCUT2D eigenvalue weighted by atomic mass is 16.6. The number of nitrogens with zero attached hydrogens (tertiary/aromatic N) is 1. The number of dihydropyridines is 1. The second-order valence-electron chi connectivity index (χ2n) is 8.25. The van der Waals surface area contributed by atoms with Crippen LogP contribution in [0.4, 0.5) is 5.69 Å². The Morgan fingerprint density at radius 3 is 2.34 bits per heavy atom. The van der Waals surface area contributed by atoms with Crippen molar-refractivity contribution < 1.29 is 28.8 Å². The molecule has 2 N–H and O–H groups in total. The lowest BCUT2D eigenvalue weighted by Gasteiger charge is -2.30. The smallest absolute Gasteiger partial charge is 0.336 e. The molecule has 0 fully saturated rings. The normalized spacial score (nSPS) is 16.2. The first-order valence-corrected chi connectivity index (χ1v) is 9.87. The van der Waals surface area contributed by atoms with Crippen LogP contribution in [0.15, 0.2) is 46.8 Å². The Hall–Kier alpha value is -3.69. The Morgan fingerprint density at radius 2 is 1.78 bits per heavy atom. The van der Waals surface area contributed by atoms with Gasteiger partial charge < -0.3 is 20.1 Å². The molecule has 0 aromatic heterocycles. The topological polar surface area (TPSA) is 137 Å². The Bertz CT molecular complexity index is 1020. The molecule has 1 aliphatic heterocycles. The molecule has 172 valence electrons. The first-order valence-electron chi connectivity index (χ1n) is 9.87. The summed E-state index contributed by atoms with van der Waals surface area (Å²) in [7, 11) is 1.21. The fourth-order valence-electron chi connectivity index (χ4n) is 3.45. The zero-order chi connectivity index (χ0) is 24.2. The lowest BCUT2D eigenvalue weighted by molar-refractivity contribution is -0.384. The van der Waals surface area contributed by atoms with Gasteiger partial charge in [-0.05, 0) is 40.2 Å². The molecule has 1 aromatic carbocycles.